The number of rotatable bonds is 8. The van der Waals surface area contributed by atoms with Crippen molar-refractivity contribution in [2.24, 2.45) is 0 Å². The Bertz CT molecular complexity index is 1440. The molecule has 1 amide bonds. The molecule has 0 heterocycles. The Labute approximate surface area is 211 Å². The first-order chi connectivity index (χ1) is 16.3. The van der Waals surface area contributed by atoms with Gasteiger partial charge < -0.3 is 5.32 Å². The maximum Gasteiger partial charge on any atom is 0.264 e. The molecule has 3 aromatic carbocycles. The molecule has 0 fully saturated rings. The molecule has 1 N–H and O–H groups in total. The molecule has 3 aromatic rings. The molecule has 0 radical (unpaired) electrons. The number of carbonyl (C=O) groups is 1. The number of hydrogen-bond acceptors (Lipinski definition) is 5. The van der Waals surface area contributed by atoms with Crippen molar-refractivity contribution in [3.05, 3.63) is 88.4 Å². The maximum absolute atomic E-state index is 13.5. The van der Waals surface area contributed by atoms with Crippen molar-refractivity contribution >= 4 is 43.1 Å². The van der Waals surface area contributed by atoms with E-state index in [1.54, 1.807) is 50.2 Å². The van der Waals surface area contributed by atoms with Crippen LogP contribution in [0, 0.1) is 13.8 Å². The highest BCUT2D eigenvalue weighted by atomic mass is 35.5. The van der Waals surface area contributed by atoms with Gasteiger partial charge in [0.2, 0.25) is 5.91 Å². The first kappa shape index (κ1) is 26.7. The Hall–Kier alpha value is -2.88. The van der Waals surface area contributed by atoms with Crippen LogP contribution in [0.1, 0.15) is 29.7 Å². The van der Waals surface area contributed by atoms with Crippen LogP contribution in [0.25, 0.3) is 0 Å². The molecule has 1 atom stereocenters. The summed E-state index contributed by atoms with van der Waals surface area (Å²) >= 11 is 6.26. The number of sulfone groups is 1. The van der Waals surface area contributed by atoms with Crippen molar-refractivity contribution in [2.75, 3.05) is 17.1 Å². The second-order valence-electron chi connectivity index (χ2n) is 8.39. The summed E-state index contributed by atoms with van der Waals surface area (Å²) in [5.41, 5.74) is 2.62. The van der Waals surface area contributed by atoms with Crippen molar-refractivity contribution < 1.29 is 21.6 Å². The molecule has 0 unspecified atom stereocenters. The summed E-state index contributed by atoms with van der Waals surface area (Å²) in [6, 6.07) is 16.9. The van der Waals surface area contributed by atoms with E-state index in [1.807, 2.05) is 6.92 Å². The molecule has 35 heavy (non-hydrogen) atoms. The van der Waals surface area contributed by atoms with Crippen molar-refractivity contribution in [1.29, 1.82) is 0 Å². The van der Waals surface area contributed by atoms with Crippen LogP contribution < -0.4 is 9.62 Å². The maximum atomic E-state index is 13.5. The van der Waals surface area contributed by atoms with Gasteiger partial charge in [-0.3, -0.25) is 9.10 Å². The standard InChI is InChI=1S/C25H27ClN2O5S2/c1-17-5-11-23(12-6-17)35(32,33)28(21-10-7-18(2)24(26)15-21)16-25(29)27-19(3)20-8-13-22(14-9-20)34(4,30)31/h5-15,19H,16H2,1-4H3,(H,27,29)/t19-/m0/s1. The van der Waals surface area contributed by atoms with Crippen molar-refractivity contribution in [3.63, 3.8) is 0 Å². The number of aryl methyl sites for hydroxylation is 2. The Morgan fingerprint density at radius 2 is 1.49 bits per heavy atom. The summed E-state index contributed by atoms with van der Waals surface area (Å²) in [7, 11) is -7.41. The zero-order chi connectivity index (χ0) is 26.0. The number of anilines is 1. The molecular weight excluding hydrogens is 508 g/mol. The molecule has 0 aromatic heterocycles. The first-order valence-electron chi connectivity index (χ1n) is 10.7. The molecular formula is C25H27ClN2O5S2. The summed E-state index contributed by atoms with van der Waals surface area (Å²) in [5, 5.41) is 3.17. The summed E-state index contributed by atoms with van der Waals surface area (Å²) < 4.78 is 51.4. The largest absolute Gasteiger partial charge is 0.348 e. The van der Waals surface area contributed by atoms with Crippen LogP contribution in [0.3, 0.4) is 0 Å². The van der Waals surface area contributed by atoms with E-state index in [0.717, 1.165) is 21.7 Å². The van der Waals surface area contributed by atoms with Crippen LogP contribution in [-0.2, 0) is 24.7 Å². The van der Waals surface area contributed by atoms with E-state index in [2.05, 4.69) is 5.32 Å². The van der Waals surface area contributed by atoms with Gasteiger partial charge >= 0.3 is 0 Å². The van der Waals surface area contributed by atoms with Crippen LogP contribution in [0.5, 0.6) is 0 Å². The number of halogens is 1. The zero-order valence-electron chi connectivity index (χ0n) is 19.8. The highest BCUT2D eigenvalue weighted by Gasteiger charge is 2.28. The molecule has 10 heteroatoms. The Morgan fingerprint density at radius 3 is 2.03 bits per heavy atom. The predicted molar refractivity (Wildman–Crippen MR) is 138 cm³/mol. The number of amides is 1. The van der Waals surface area contributed by atoms with E-state index in [0.29, 0.717) is 10.6 Å². The van der Waals surface area contributed by atoms with Gasteiger partial charge in [0.1, 0.15) is 6.54 Å². The van der Waals surface area contributed by atoms with E-state index in [-0.39, 0.29) is 15.5 Å². The van der Waals surface area contributed by atoms with Crippen LogP contribution in [0.2, 0.25) is 5.02 Å². The number of carbonyl (C=O) groups excluding carboxylic acids is 1. The molecule has 186 valence electrons. The SMILES string of the molecule is Cc1ccc(S(=O)(=O)N(CC(=O)N[C@@H](C)c2ccc(S(C)(=O)=O)cc2)c2ccc(C)c(Cl)c2)cc1. The predicted octanol–water partition coefficient (Wildman–Crippen LogP) is 4.43. The van der Waals surface area contributed by atoms with Gasteiger partial charge in [0.25, 0.3) is 10.0 Å². The van der Waals surface area contributed by atoms with Gasteiger partial charge in [0, 0.05) is 11.3 Å². The fraction of sp³-hybridized carbons (Fsp3) is 0.240. The molecule has 0 saturated carbocycles. The third-order valence-electron chi connectivity index (χ3n) is 5.53. The van der Waals surface area contributed by atoms with Gasteiger partial charge in [-0.2, -0.15) is 0 Å². The minimum absolute atomic E-state index is 0.0528. The van der Waals surface area contributed by atoms with Gasteiger partial charge in [-0.25, -0.2) is 16.8 Å². The summed E-state index contributed by atoms with van der Waals surface area (Å²) in [6.07, 6.45) is 1.12. The van der Waals surface area contributed by atoms with Gasteiger partial charge in [-0.1, -0.05) is 47.5 Å². The monoisotopic (exact) mass is 534 g/mol. The molecule has 0 aliphatic rings. The smallest absolute Gasteiger partial charge is 0.264 e. The lowest BCUT2D eigenvalue weighted by molar-refractivity contribution is -0.120. The molecule has 7 nitrogen and oxygen atoms in total. The normalized spacial score (nSPS) is 12.7. The fourth-order valence-electron chi connectivity index (χ4n) is 3.39. The highest BCUT2D eigenvalue weighted by molar-refractivity contribution is 7.93. The fourth-order valence-corrected chi connectivity index (χ4v) is 5.61. The number of sulfonamides is 1. The summed E-state index contributed by atoms with van der Waals surface area (Å²) in [6.45, 7) is 4.91. The van der Waals surface area contributed by atoms with Crippen LogP contribution in [0.15, 0.2) is 76.5 Å². The molecule has 0 saturated heterocycles. The summed E-state index contributed by atoms with van der Waals surface area (Å²) in [4.78, 5) is 13.2. The third-order valence-corrected chi connectivity index (χ3v) is 8.85. The average Bonchev–Trinajstić information content (AvgIpc) is 2.79. The lowest BCUT2D eigenvalue weighted by atomic mass is 10.1. The van der Waals surface area contributed by atoms with Gasteiger partial charge in [-0.05, 0) is 68.3 Å². The van der Waals surface area contributed by atoms with Crippen molar-refractivity contribution in [2.45, 2.75) is 36.6 Å². The first-order valence-corrected chi connectivity index (χ1v) is 14.4. The van der Waals surface area contributed by atoms with Crippen molar-refractivity contribution in [3.8, 4) is 0 Å². The van der Waals surface area contributed by atoms with E-state index in [1.165, 1.54) is 30.3 Å². The van der Waals surface area contributed by atoms with Gasteiger partial charge in [0.15, 0.2) is 9.84 Å². The van der Waals surface area contributed by atoms with E-state index in [9.17, 15) is 21.6 Å². The lowest BCUT2D eigenvalue weighted by Crippen LogP contribution is -2.41. The average molecular weight is 535 g/mol. The summed E-state index contributed by atoms with van der Waals surface area (Å²) in [5.74, 6) is -0.530. The Kier molecular flexibility index (Phi) is 7.93. The van der Waals surface area contributed by atoms with E-state index >= 15 is 0 Å². The quantitative estimate of drug-likeness (QED) is 0.460. The number of nitrogens with one attached hydrogen (secondary N) is 1. The van der Waals surface area contributed by atoms with Crippen LogP contribution in [0.4, 0.5) is 5.69 Å². The molecule has 3 rings (SSSR count). The minimum atomic E-state index is -4.07. The topological polar surface area (TPSA) is 101 Å². The number of nitrogens with zero attached hydrogens (tertiary/aromatic N) is 1. The number of benzene rings is 3. The second kappa shape index (κ2) is 10.4. The van der Waals surface area contributed by atoms with Gasteiger partial charge in [0.05, 0.1) is 21.5 Å². The third kappa shape index (κ3) is 6.42. The van der Waals surface area contributed by atoms with Crippen LogP contribution >= 0.6 is 11.6 Å². The van der Waals surface area contributed by atoms with Crippen LogP contribution in [-0.4, -0.2) is 35.5 Å². The molecule has 0 bridgehead atoms. The van der Waals surface area contributed by atoms with Crippen molar-refractivity contribution in [1.82, 2.24) is 5.32 Å². The lowest BCUT2D eigenvalue weighted by Gasteiger charge is -2.25. The molecule has 0 spiro atoms. The zero-order valence-corrected chi connectivity index (χ0v) is 22.2. The van der Waals surface area contributed by atoms with E-state index in [4.69, 9.17) is 11.6 Å². The second-order valence-corrected chi connectivity index (χ2v) is 12.7. The molecule has 0 aliphatic heterocycles. The highest BCUT2D eigenvalue weighted by Crippen LogP contribution is 2.28. The number of hydrogen-bond donors (Lipinski definition) is 1. The Balaban J connectivity index is 1.89. The van der Waals surface area contributed by atoms with Gasteiger partial charge in [-0.15, -0.1) is 0 Å². The molecule has 0 aliphatic carbocycles. The minimum Gasteiger partial charge on any atom is -0.348 e. The van der Waals surface area contributed by atoms with E-state index < -0.39 is 38.4 Å². The Morgan fingerprint density at radius 1 is 0.914 bits per heavy atom.